The van der Waals surface area contributed by atoms with Crippen molar-refractivity contribution in [1.29, 1.82) is 0 Å². The van der Waals surface area contributed by atoms with E-state index >= 15 is 0 Å². The molecule has 0 N–H and O–H groups in total. The minimum absolute atomic E-state index is 0.164. The molecule has 2 aromatic heterocycles. The number of hydrogen-bond acceptors (Lipinski definition) is 6. The lowest BCUT2D eigenvalue weighted by atomic mass is 10.2. The van der Waals surface area contributed by atoms with Crippen molar-refractivity contribution in [2.75, 3.05) is 39.3 Å². The molecule has 29 heavy (non-hydrogen) atoms. The zero-order valence-corrected chi connectivity index (χ0v) is 19.1. The summed E-state index contributed by atoms with van der Waals surface area (Å²) in [4.78, 5) is 21.6. The molecule has 5 nitrogen and oxygen atoms in total. The number of piperazine rings is 1. The van der Waals surface area contributed by atoms with Gasteiger partial charge in [0.1, 0.15) is 17.4 Å². The second-order valence-corrected chi connectivity index (χ2v) is 9.41. The third-order valence-corrected chi connectivity index (χ3v) is 6.97. The molecule has 1 aliphatic heterocycles. The highest BCUT2D eigenvalue weighted by molar-refractivity contribution is 9.10. The molecular formula is C21H22BrN3O2S2. The average molecular weight is 492 g/mol. The summed E-state index contributed by atoms with van der Waals surface area (Å²) in [5, 5.41) is 7.12. The Hall–Kier alpha value is -1.74. The fraction of sp³-hybridized carbons (Fsp3) is 0.333. The van der Waals surface area contributed by atoms with Gasteiger partial charge in [0.05, 0.1) is 12.1 Å². The molecule has 1 fully saturated rings. The molecule has 8 heteroatoms. The van der Waals surface area contributed by atoms with Gasteiger partial charge in [-0.3, -0.25) is 9.69 Å². The van der Waals surface area contributed by atoms with Crippen molar-refractivity contribution in [2.45, 2.75) is 6.42 Å². The van der Waals surface area contributed by atoms with Crippen LogP contribution in [-0.4, -0.2) is 60.0 Å². The Morgan fingerprint density at radius 3 is 2.79 bits per heavy atom. The maximum atomic E-state index is 12.6. The molecule has 0 radical (unpaired) electrons. The Morgan fingerprint density at radius 1 is 1.17 bits per heavy atom. The van der Waals surface area contributed by atoms with E-state index in [4.69, 9.17) is 4.74 Å². The van der Waals surface area contributed by atoms with Gasteiger partial charge < -0.3 is 9.64 Å². The van der Waals surface area contributed by atoms with Crippen LogP contribution < -0.4 is 4.74 Å². The number of thiazole rings is 1. The molecular weight excluding hydrogens is 470 g/mol. The first-order chi connectivity index (χ1) is 14.2. The number of hydrogen-bond donors (Lipinski definition) is 0. The third kappa shape index (κ3) is 5.66. The minimum atomic E-state index is 0.164. The minimum Gasteiger partial charge on any atom is -0.492 e. The maximum Gasteiger partial charge on any atom is 0.228 e. The Bertz CT molecular complexity index is 937. The van der Waals surface area contributed by atoms with Crippen LogP contribution in [0.15, 0.2) is 50.9 Å². The summed E-state index contributed by atoms with van der Waals surface area (Å²) in [6.07, 6.45) is 0.382. The van der Waals surface area contributed by atoms with Crippen LogP contribution in [-0.2, 0) is 11.2 Å². The highest BCUT2D eigenvalue weighted by atomic mass is 79.9. The highest BCUT2D eigenvalue weighted by Gasteiger charge is 2.22. The number of carbonyl (C=O) groups excluding carboxylic acids is 1. The number of amides is 1. The van der Waals surface area contributed by atoms with Crippen molar-refractivity contribution in [3.63, 3.8) is 0 Å². The lowest BCUT2D eigenvalue weighted by molar-refractivity contribution is -0.132. The zero-order valence-electron chi connectivity index (χ0n) is 15.9. The van der Waals surface area contributed by atoms with Crippen molar-refractivity contribution >= 4 is 44.5 Å². The highest BCUT2D eigenvalue weighted by Crippen LogP contribution is 2.26. The van der Waals surface area contributed by atoms with Gasteiger partial charge in [0.25, 0.3) is 0 Å². The third-order valence-electron chi connectivity index (χ3n) is 4.85. The second kappa shape index (κ2) is 9.84. The summed E-state index contributed by atoms with van der Waals surface area (Å²) in [6, 6.07) is 9.95. The van der Waals surface area contributed by atoms with E-state index in [9.17, 15) is 4.79 Å². The standard InChI is InChI=1S/C21H22BrN3O2S2/c22-17-2-1-3-19(12-17)27-10-9-24-5-7-25(8-6-24)20(26)13-18-15-29-21(23-18)16-4-11-28-14-16/h1-4,11-12,14-15H,5-10,13H2. The van der Waals surface area contributed by atoms with Gasteiger partial charge in [-0.25, -0.2) is 4.98 Å². The van der Waals surface area contributed by atoms with Crippen molar-refractivity contribution < 1.29 is 9.53 Å². The van der Waals surface area contributed by atoms with E-state index in [-0.39, 0.29) is 5.91 Å². The van der Waals surface area contributed by atoms with Crippen LogP contribution in [0.5, 0.6) is 5.75 Å². The Balaban J connectivity index is 1.19. The van der Waals surface area contributed by atoms with Crippen LogP contribution in [0.2, 0.25) is 0 Å². The molecule has 0 atom stereocenters. The monoisotopic (exact) mass is 491 g/mol. The van der Waals surface area contributed by atoms with E-state index < -0.39 is 0 Å². The van der Waals surface area contributed by atoms with Gasteiger partial charge in [-0.05, 0) is 29.6 Å². The molecule has 0 unspecified atom stereocenters. The molecule has 0 aliphatic carbocycles. The Morgan fingerprint density at radius 2 is 2.03 bits per heavy atom. The number of thiophene rings is 1. The van der Waals surface area contributed by atoms with Crippen LogP contribution in [0.4, 0.5) is 0 Å². The number of carbonyl (C=O) groups is 1. The summed E-state index contributed by atoms with van der Waals surface area (Å²) in [6.45, 7) is 4.79. The van der Waals surface area contributed by atoms with Gasteiger partial charge in [-0.1, -0.05) is 22.0 Å². The van der Waals surface area contributed by atoms with Gasteiger partial charge in [-0.2, -0.15) is 11.3 Å². The van der Waals surface area contributed by atoms with Crippen LogP contribution in [0.25, 0.3) is 10.6 Å². The summed E-state index contributed by atoms with van der Waals surface area (Å²) < 4.78 is 6.84. The summed E-state index contributed by atoms with van der Waals surface area (Å²) in [7, 11) is 0. The first-order valence-electron chi connectivity index (χ1n) is 9.53. The fourth-order valence-electron chi connectivity index (χ4n) is 3.24. The quantitative estimate of drug-likeness (QED) is 0.491. The van der Waals surface area contributed by atoms with E-state index in [1.807, 2.05) is 39.9 Å². The molecule has 0 saturated carbocycles. The van der Waals surface area contributed by atoms with Gasteiger partial charge in [0.15, 0.2) is 0 Å². The molecule has 3 aromatic rings. The van der Waals surface area contributed by atoms with E-state index in [0.717, 1.165) is 59.2 Å². The van der Waals surface area contributed by atoms with Gasteiger partial charge >= 0.3 is 0 Å². The fourth-order valence-corrected chi connectivity index (χ4v) is 5.15. The maximum absolute atomic E-state index is 12.6. The molecule has 4 rings (SSSR count). The number of rotatable bonds is 7. The summed E-state index contributed by atoms with van der Waals surface area (Å²) in [5.74, 6) is 1.04. The zero-order chi connectivity index (χ0) is 20.1. The molecule has 0 bridgehead atoms. The number of ether oxygens (including phenoxy) is 1. The smallest absolute Gasteiger partial charge is 0.228 e. The van der Waals surface area contributed by atoms with Crippen LogP contribution in [0, 0.1) is 0 Å². The lowest BCUT2D eigenvalue weighted by Crippen LogP contribution is -2.50. The van der Waals surface area contributed by atoms with E-state index in [2.05, 4.69) is 37.3 Å². The van der Waals surface area contributed by atoms with Crippen molar-refractivity contribution in [3.8, 4) is 16.3 Å². The van der Waals surface area contributed by atoms with E-state index in [1.165, 1.54) is 0 Å². The number of halogens is 1. The van der Waals surface area contributed by atoms with E-state index in [1.54, 1.807) is 22.7 Å². The second-order valence-electron chi connectivity index (χ2n) is 6.86. The first-order valence-corrected chi connectivity index (χ1v) is 12.1. The molecule has 152 valence electrons. The summed E-state index contributed by atoms with van der Waals surface area (Å²) >= 11 is 6.72. The van der Waals surface area contributed by atoms with Crippen molar-refractivity contribution in [2.24, 2.45) is 0 Å². The van der Waals surface area contributed by atoms with Crippen LogP contribution in [0.1, 0.15) is 5.69 Å². The normalized spacial score (nSPS) is 14.9. The van der Waals surface area contributed by atoms with Crippen molar-refractivity contribution in [1.82, 2.24) is 14.8 Å². The number of aromatic nitrogens is 1. The van der Waals surface area contributed by atoms with Crippen LogP contribution >= 0.6 is 38.6 Å². The van der Waals surface area contributed by atoms with Gasteiger partial charge in [0.2, 0.25) is 5.91 Å². The predicted octanol–water partition coefficient (Wildman–Crippen LogP) is 4.40. The number of nitrogens with zero attached hydrogens (tertiary/aromatic N) is 3. The van der Waals surface area contributed by atoms with E-state index in [0.29, 0.717) is 13.0 Å². The first kappa shape index (κ1) is 20.5. The van der Waals surface area contributed by atoms with Crippen LogP contribution in [0.3, 0.4) is 0 Å². The average Bonchev–Trinajstić information content (AvgIpc) is 3.40. The topological polar surface area (TPSA) is 45.7 Å². The molecule has 0 spiro atoms. The summed E-state index contributed by atoms with van der Waals surface area (Å²) in [5.41, 5.74) is 2.00. The SMILES string of the molecule is O=C(Cc1csc(-c2ccsc2)n1)N1CCN(CCOc2cccc(Br)c2)CC1. The molecule has 1 amide bonds. The van der Waals surface area contributed by atoms with Gasteiger partial charge in [-0.15, -0.1) is 11.3 Å². The lowest BCUT2D eigenvalue weighted by Gasteiger charge is -2.34. The molecule has 1 aromatic carbocycles. The molecule has 1 aliphatic rings. The largest absolute Gasteiger partial charge is 0.492 e. The molecule has 1 saturated heterocycles. The Kier molecular flexibility index (Phi) is 6.97. The van der Waals surface area contributed by atoms with Crippen molar-refractivity contribution in [3.05, 3.63) is 56.6 Å². The Labute approximate surface area is 187 Å². The van der Waals surface area contributed by atoms with Gasteiger partial charge in [0, 0.05) is 53.5 Å². The predicted molar refractivity (Wildman–Crippen MR) is 122 cm³/mol. The molecule has 3 heterocycles. The number of benzene rings is 1.